The Morgan fingerprint density at radius 1 is 1.00 bits per heavy atom. The number of hydrogen-bond donors (Lipinski definition) is 0. The number of benzene rings is 1. The molecule has 0 amide bonds. The van der Waals surface area contributed by atoms with Crippen LogP contribution >= 0.6 is 0 Å². The summed E-state index contributed by atoms with van der Waals surface area (Å²) in [5, 5.41) is 0. The summed E-state index contributed by atoms with van der Waals surface area (Å²) in [6, 6.07) is 11.4. The van der Waals surface area contributed by atoms with Crippen molar-refractivity contribution in [2.45, 2.75) is 12.5 Å². The lowest BCUT2D eigenvalue weighted by molar-refractivity contribution is 0.139. The van der Waals surface area contributed by atoms with Crippen LogP contribution in [0.4, 0.5) is 5.69 Å². The molecule has 2 aliphatic rings. The molecule has 2 aliphatic heterocycles. The molecule has 0 aromatic heterocycles. The lowest BCUT2D eigenvalue weighted by Gasteiger charge is -2.38. The second-order valence-corrected chi connectivity index (χ2v) is 4.88. The zero-order chi connectivity index (χ0) is 11.5. The number of hydrogen-bond acceptors (Lipinski definition) is 3. The molecule has 2 heterocycles. The van der Waals surface area contributed by atoms with Crippen molar-refractivity contribution in [2.24, 2.45) is 0 Å². The van der Waals surface area contributed by atoms with E-state index in [1.165, 1.54) is 25.2 Å². The van der Waals surface area contributed by atoms with Crippen molar-refractivity contribution in [1.29, 1.82) is 0 Å². The Bertz CT molecular complexity index is 340. The van der Waals surface area contributed by atoms with Gasteiger partial charge in [-0.15, -0.1) is 0 Å². The van der Waals surface area contributed by atoms with Crippen molar-refractivity contribution in [2.75, 3.05) is 44.3 Å². The highest BCUT2D eigenvalue weighted by molar-refractivity contribution is 5.46. The number of piperazine rings is 1. The van der Waals surface area contributed by atoms with Gasteiger partial charge in [0.2, 0.25) is 0 Å². The Labute approximate surface area is 103 Å². The fraction of sp³-hybridized carbons (Fsp3) is 0.571. The lowest BCUT2D eigenvalue weighted by Crippen LogP contribution is -2.50. The first-order valence-electron chi connectivity index (χ1n) is 6.55. The van der Waals surface area contributed by atoms with E-state index < -0.39 is 0 Å². The first kappa shape index (κ1) is 11.1. The number of nitrogens with zero attached hydrogens (tertiary/aromatic N) is 2. The minimum Gasteiger partial charge on any atom is -0.380 e. The van der Waals surface area contributed by atoms with Crippen LogP contribution in [0.15, 0.2) is 30.3 Å². The van der Waals surface area contributed by atoms with E-state index in [1.54, 1.807) is 0 Å². The Balaban J connectivity index is 1.57. The molecule has 0 radical (unpaired) electrons. The molecule has 3 heteroatoms. The van der Waals surface area contributed by atoms with Crippen LogP contribution in [0.5, 0.6) is 0 Å². The molecule has 0 saturated carbocycles. The largest absolute Gasteiger partial charge is 0.380 e. The van der Waals surface area contributed by atoms with Gasteiger partial charge in [-0.1, -0.05) is 18.2 Å². The van der Waals surface area contributed by atoms with Crippen molar-refractivity contribution in [3.05, 3.63) is 30.3 Å². The zero-order valence-corrected chi connectivity index (χ0v) is 10.2. The van der Waals surface area contributed by atoms with Gasteiger partial charge in [-0.25, -0.2) is 0 Å². The molecule has 1 atom stereocenters. The van der Waals surface area contributed by atoms with Crippen LogP contribution in [-0.4, -0.2) is 50.3 Å². The fourth-order valence-corrected chi connectivity index (χ4v) is 2.79. The van der Waals surface area contributed by atoms with Crippen molar-refractivity contribution in [3.8, 4) is 0 Å². The number of ether oxygens (including phenoxy) is 1. The van der Waals surface area contributed by atoms with E-state index in [1.807, 2.05) is 0 Å². The average Bonchev–Trinajstić information content (AvgIpc) is 2.94. The topological polar surface area (TPSA) is 15.7 Å². The van der Waals surface area contributed by atoms with Gasteiger partial charge in [0.15, 0.2) is 0 Å². The van der Waals surface area contributed by atoms with E-state index in [2.05, 4.69) is 40.1 Å². The molecule has 0 unspecified atom stereocenters. The van der Waals surface area contributed by atoms with Crippen LogP contribution in [0.2, 0.25) is 0 Å². The molecule has 92 valence electrons. The zero-order valence-electron chi connectivity index (χ0n) is 10.2. The van der Waals surface area contributed by atoms with Gasteiger partial charge in [0, 0.05) is 44.5 Å². The maximum Gasteiger partial charge on any atom is 0.0622 e. The molecule has 17 heavy (non-hydrogen) atoms. The maximum atomic E-state index is 5.47. The highest BCUT2D eigenvalue weighted by Gasteiger charge is 2.26. The Kier molecular flexibility index (Phi) is 3.29. The lowest BCUT2D eigenvalue weighted by atomic mass is 10.2. The summed E-state index contributed by atoms with van der Waals surface area (Å²) in [5.74, 6) is 0. The molecule has 3 rings (SSSR count). The van der Waals surface area contributed by atoms with Crippen molar-refractivity contribution < 1.29 is 4.74 Å². The van der Waals surface area contributed by atoms with Crippen LogP contribution in [0, 0.1) is 0 Å². The SMILES string of the molecule is c1ccc(N2CCN([C@H]3CCOC3)CC2)cc1. The van der Waals surface area contributed by atoms with E-state index in [-0.39, 0.29) is 0 Å². The molecule has 0 aliphatic carbocycles. The third-order valence-corrected chi connectivity index (χ3v) is 3.86. The quantitative estimate of drug-likeness (QED) is 0.770. The van der Waals surface area contributed by atoms with Gasteiger partial charge in [-0.05, 0) is 18.6 Å². The predicted octanol–water partition coefficient (Wildman–Crippen LogP) is 1.60. The van der Waals surface area contributed by atoms with Gasteiger partial charge in [-0.3, -0.25) is 4.90 Å². The molecular formula is C14H20N2O. The molecular weight excluding hydrogens is 212 g/mol. The molecule has 0 N–H and O–H groups in total. The molecule has 3 nitrogen and oxygen atoms in total. The van der Waals surface area contributed by atoms with Gasteiger partial charge in [0.25, 0.3) is 0 Å². The van der Waals surface area contributed by atoms with Crippen molar-refractivity contribution >= 4 is 5.69 Å². The maximum absolute atomic E-state index is 5.47. The van der Waals surface area contributed by atoms with Crippen LogP contribution in [0.1, 0.15) is 6.42 Å². The summed E-state index contributed by atoms with van der Waals surface area (Å²) in [6.45, 7) is 6.50. The van der Waals surface area contributed by atoms with Crippen molar-refractivity contribution in [1.82, 2.24) is 4.90 Å². The Hall–Kier alpha value is -1.06. The smallest absolute Gasteiger partial charge is 0.0622 e. The van der Waals surface area contributed by atoms with Gasteiger partial charge in [0.1, 0.15) is 0 Å². The minimum atomic E-state index is 0.674. The average molecular weight is 232 g/mol. The summed E-state index contributed by atoms with van der Waals surface area (Å²) in [4.78, 5) is 5.07. The molecule has 0 spiro atoms. The van der Waals surface area contributed by atoms with Crippen LogP contribution in [-0.2, 0) is 4.74 Å². The standard InChI is InChI=1S/C14H20N2O/c1-2-4-13(5-3-1)15-7-9-16(10-8-15)14-6-11-17-12-14/h1-5,14H,6-12H2/t14-/m0/s1. The third-order valence-electron chi connectivity index (χ3n) is 3.86. The Morgan fingerprint density at radius 2 is 1.76 bits per heavy atom. The van der Waals surface area contributed by atoms with Crippen LogP contribution in [0.25, 0.3) is 0 Å². The summed E-state index contributed by atoms with van der Waals surface area (Å²) in [7, 11) is 0. The second kappa shape index (κ2) is 5.07. The molecule has 1 aromatic rings. The van der Waals surface area contributed by atoms with E-state index in [0.717, 1.165) is 26.3 Å². The number of anilines is 1. The number of rotatable bonds is 2. The van der Waals surface area contributed by atoms with Gasteiger partial charge >= 0.3 is 0 Å². The molecule has 2 saturated heterocycles. The Morgan fingerprint density at radius 3 is 2.41 bits per heavy atom. The van der Waals surface area contributed by atoms with E-state index >= 15 is 0 Å². The highest BCUT2D eigenvalue weighted by Crippen LogP contribution is 2.19. The molecule has 0 bridgehead atoms. The first-order valence-corrected chi connectivity index (χ1v) is 6.55. The van der Waals surface area contributed by atoms with Gasteiger partial charge in [0.05, 0.1) is 6.61 Å². The minimum absolute atomic E-state index is 0.674. The molecule has 1 aromatic carbocycles. The van der Waals surface area contributed by atoms with Crippen LogP contribution < -0.4 is 4.90 Å². The normalized spacial score (nSPS) is 26.4. The van der Waals surface area contributed by atoms with E-state index in [0.29, 0.717) is 6.04 Å². The second-order valence-electron chi connectivity index (χ2n) is 4.88. The highest BCUT2D eigenvalue weighted by atomic mass is 16.5. The summed E-state index contributed by atoms with van der Waals surface area (Å²) >= 11 is 0. The monoisotopic (exact) mass is 232 g/mol. The summed E-state index contributed by atoms with van der Waals surface area (Å²) in [6.07, 6.45) is 1.21. The summed E-state index contributed by atoms with van der Waals surface area (Å²) < 4.78 is 5.47. The van der Waals surface area contributed by atoms with Crippen molar-refractivity contribution in [3.63, 3.8) is 0 Å². The van der Waals surface area contributed by atoms with Gasteiger partial charge < -0.3 is 9.64 Å². The number of para-hydroxylation sites is 1. The fourth-order valence-electron chi connectivity index (χ4n) is 2.79. The van der Waals surface area contributed by atoms with E-state index in [4.69, 9.17) is 4.74 Å². The predicted molar refractivity (Wildman–Crippen MR) is 69.5 cm³/mol. The molecule has 2 fully saturated rings. The third kappa shape index (κ3) is 2.45. The summed E-state index contributed by atoms with van der Waals surface area (Å²) in [5.41, 5.74) is 1.36. The first-order chi connectivity index (χ1) is 8.43. The van der Waals surface area contributed by atoms with E-state index in [9.17, 15) is 0 Å². The van der Waals surface area contributed by atoms with Crippen LogP contribution in [0.3, 0.4) is 0 Å². The van der Waals surface area contributed by atoms with Gasteiger partial charge in [-0.2, -0.15) is 0 Å².